The number of aliphatic hydroxyl groups is 2. The lowest BCUT2D eigenvalue weighted by atomic mass is 9.61. The van der Waals surface area contributed by atoms with Gasteiger partial charge in [0, 0.05) is 6.42 Å². The number of carbonyl (C=O) groups excluding carboxylic acids is 1. The lowest BCUT2D eigenvalue weighted by molar-refractivity contribution is 0.0353. The first-order chi connectivity index (χ1) is 18.3. The molecule has 204 valence electrons. The first-order valence-corrected chi connectivity index (χ1v) is 14.7. The number of hydrogen-bond donors (Lipinski definition) is 2. The summed E-state index contributed by atoms with van der Waals surface area (Å²) in [5.74, 6) is 1.79. The fourth-order valence-electron chi connectivity index (χ4n) is 7.51. The molecule has 4 fully saturated rings. The third-order valence-corrected chi connectivity index (χ3v) is 9.88. The molecule has 1 aromatic rings. The second-order valence-electron chi connectivity index (χ2n) is 12.5. The van der Waals surface area contributed by atoms with E-state index in [0.717, 1.165) is 30.4 Å². The molecule has 5 rings (SSSR count). The van der Waals surface area contributed by atoms with Crippen molar-refractivity contribution in [1.29, 1.82) is 0 Å². The van der Waals surface area contributed by atoms with Gasteiger partial charge in [-0.25, -0.2) is 4.79 Å². The smallest absolute Gasteiger partial charge is 0.338 e. The van der Waals surface area contributed by atoms with Crippen LogP contribution in [0.4, 0.5) is 0 Å². The van der Waals surface area contributed by atoms with Gasteiger partial charge in [-0.15, -0.1) is 0 Å². The van der Waals surface area contributed by atoms with Gasteiger partial charge in [-0.3, -0.25) is 0 Å². The van der Waals surface area contributed by atoms with E-state index in [9.17, 15) is 15.0 Å². The largest absolute Gasteiger partial charge is 0.454 e. The van der Waals surface area contributed by atoms with E-state index in [1.54, 1.807) is 0 Å². The lowest BCUT2D eigenvalue weighted by Gasteiger charge is -2.44. The number of rotatable bonds is 7. The Morgan fingerprint density at radius 3 is 2.61 bits per heavy atom. The molecule has 0 heterocycles. The number of allylic oxidation sites excluding steroid dienone is 4. The number of benzene rings is 1. The molecule has 0 aliphatic heterocycles. The van der Waals surface area contributed by atoms with Gasteiger partial charge in [0.05, 0.1) is 17.8 Å². The van der Waals surface area contributed by atoms with Crippen molar-refractivity contribution in [2.24, 2.45) is 29.1 Å². The Bertz CT molecular complexity index is 1110. The zero-order valence-corrected chi connectivity index (χ0v) is 23.0. The molecule has 0 bridgehead atoms. The van der Waals surface area contributed by atoms with E-state index in [4.69, 9.17) is 4.74 Å². The van der Waals surface area contributed by atoms with E-state index in [1.165, 1.54) is 31.3 Å². The number of ether oxygens (including phenoxy) is 1. The maximum absolute atomic E-state index is 12.7. The molecule has 38 heavy (non-hydrogen) atoms. The van der Waals surface area contributed by atoms with E-state index in [1.807, 2.05) is 30.3 Å². The third-order valence-electron chi connectivity index (χ3n) is 9.88. The molecule has 4 heteroatoms. The molecule has 2 N–H and O–H groups in total. The average molecular weight is 517 g/mol. The van der Waals surface area contributed by atoms with Gasteiger partial charge in [0.15, 0.2) is 0 Å². The van der Waals surface area contributed by atoms with E-state index in [2.05, 4.69) is 44.7 Å². The van der Waals surface area contributed by atoms with Crippen LogP contribution in [-0.2, 0) is 4.74 Å². The van der Waals surface area contributed by atoms with Gasteiger partial charge in [-0.2, -0.15) is 0 Å². The predicted octanol–water partition coefficient (Wildman–Crippen LogP) is 6.96. The van der Waals surface area contributed by atoms with Crippen molar-refractivity contribution in [3.63, 3.8) is 0 Å². The molecule has 0 unspecified atom stereocenters. The molecule has 0 amide bonds. The Labute approximate surface area is 228 Å². The molecule has 0 saturated heterocycles. The summed E-state index contributed by atoms with van der Waals surface area (Å²) in [6.07, 6.45) is 16.8. The van der Waals surface area contributed by atoms with Crippen LogP contribution in [0.3, 0.4) is 0 Å². The van der Waals surface area contributed by atoms with Crippen LogP contribution in [0.15, 0.2) is 77.9 Å². The van der Waals surface area contributed by atoms with Crippen LogP contribution < -0.4 is 0 Å². The second-order valence-corrected chi connectivity index (χ2v) is 12.5. The fourth-order valence-corrected chi connectivity index (χ4v) is 7.51. The molecule has 4 nitrogen and oxygen atoms in total. The van der Waals surface area contributed by atoms with Crippen molar-refractivity contribution in [2.75, 3.05) is 0 Å². The summed E-state index contributed by atoms with van der Waals surface area (Å²) in [5, 5.41) is 20.4. The van der Waals surface area contributed by atoms with Gasteiger partial charge in [0.25, 0.3) is 0 Å². The Kier molecular flexibility index (Phi) is 8.11. The summed E-state index contributed by atoms with van der Waals surface area (Å²) in [7, 11) is 0. The number of hydrogen-bond acceptors (Lipinski definition) is 4. The average Bonchev–Trinajstić information content (AvgIpc) is 3.69. The van der Waals surface area contributed by atoms with Crippen molar-refractivity contribution in [2.45, 2.75) is 89.9 Å². The zero-order chi connectivity index (χ0) is 26.9. The van der Waals surface area contributed by atoms with Crippen LogP contribution in [0.5, 0.6) is 0 Å². The molecule has 4 saturated carbocycles. The fraction of sp³-hybridized carbons (Fsp3) is 0.559. The minimum absolute atomic E-state index is 0.141. The first-order valence-electron chi connectivity index (χ1n) is 14.7. The molecule has 0 radical (unpaired) electrons. The number of fused-ring (bicyclic) bond motifs is 1. The molecule has 4 aliphatic carbocycles. The molecular formula is C34H44O4. The summed E-state index contributed by atoms with van der Waals surface area (Å²) in [6, 6.07) is 9.29. The van der Waals surface area contributed by atoms with E-state index in [-0.39, 0.29) is 17.5 Å². The van der Waals surface area contributed by atoms with Gasteiger partial charge in [0.1, 0.15) is 6.10 Å². The zero-order valence-electron chi connectivity index (χ0n) is 23.0. The summed E-state index contributed by atoms with van der Waals surface area (Å²) < 4.78 is 5.95. The van der Waals surface area contributed by atoms with Gasteiger partial charge in [0.2, 0.25) is 0 Å². The van der Waals surface area contributed by atoms with Gasteiger partial charge >= 0.3 is 5.97 Å². The summed E-state index contributed by atoms with van der Waals surface area (Å²) >= 11 is 0. The van der Waals surface area contributed by atoms with Crippen LogP contribution in [0, 0.1) is 29.1 Å². The monoisotopic (exact) mass is 516 g/mol. The maximum atomic E-state index is 12.7. The SMILES string of the molecule is C=C1C(=CC=C2CCC[C@]3(C)[C@@H]([C@H](C)C=C[C@H](OC(=O)c4ccccc4)C4CC4)CC[C@@H]23)C[C@@H](O)C[C@@H]1O. The van der Waals surface area contributed by atoms with E-state index in [0.29, 0.717) is 42.1 Å². The first kappa shape index (κ1) is 27.1. The highest BCUT2D eigenvalue weighted by molar-refractivity contribution is 5.89. The summed E-state index contributed by atoms with van der Waals surface area (Å²) in [6.45, 7) is 8.91. The molecule has 0 spiro atoms. The predicted molar refractivity (Wildman–Crippen MR) is 151 cm³/mol. The van der Waals surface area contributed by atoms with Crippen LogP contribution in [0.1, 0.15) is 82.0 Å². The highest BCUT2D eigenvalue weighted by Gasteiger charge is 2.50. The van der Waals surface area contributed by atoms with Crippen molar-refractivity contribution in [3.05, 3.63) is 83.5 Å². The van der Waals surface area contributed by atoms with Crippen molar-refractivity contribution < 1.29 is 19.7 Å². The molecule has 0 aromatic heterocycles. The standard InChI is InChI=1S/C34H44O4/c1-22(11-18-32(25-13-14-25)38-33(37)26-8-5-4-6-9-26)29-16-17-30-24(10-7-19-34(29,30)3)12-15-27-20-28(35)21-31(36)23(27)2/h4-6,8-9,11-12,15,18,22,25,28-32,35-36H,2,7,10,13-14,16-17,19-21H2,1,3H3/t22-,28-,29-,30+,31+,32+,34-/m1/s1. The lowest BCUT2D eigenvalue weighted by Crippen LogP contribution is -2.35. The van der Waals surface area contributed by atoms with Gasteiger partial charge in [-0.1, -0.05) is 62.4 Å². The van der Waals surface area contributed by atoms with E-state index < -0.39 is 12.2 Å². The van der Waals surface area contributed by atoms with Crippen LogP contribution in [-0.4, -0.2) is 34.5 Å². The van der Waals surface area contributed by atoms with Crippen molar-refractivity contribution in [3.8, 4) is 0 Å². The molecular weight excluding hydrogens is 472 g/mol. The Hall–Kier alpha value is -2.43. The summed E-state index contributed by atoms with van der Waals surface area (Å²) in [5.41, 5.74) is 4.12. The van der Waals surface area contributed by atoms with Crippen LogP contribution in [0.25, 0.3) is 0 Å². The van der Waals surface area contributed by atoms with Crippen molar-refractivity contribution in [1.82, 2.24) is 0 Å². The third kappa shape index (κ3) is 5.77. The maximum Gasteiger partial charge on any atom is 0.338 e. The minimum Gasteiger partial charge on any atom is -0.454 e. The van der Waals surface area contributed by atoms with Gasteiger partial charge < -0.3 is 14.9 Å². The van der Waals surface area contributed by atoms with Gasteiger partial charge in [-0.05, 0) is 110 Å². The van der Waals surface area contributed by atoms with Crippen molar-refractivity contribution >= 4 is 5.97 Å². The molecule has 7 atom stereocenters. The second kappa shape index (κ2) is 11.4. The number of esters is 1. The quantitative estimate of drug-likeness (QED) is 0.304. The van der Waals surface area contributed by atoms with Crippen LogP contribution >= 0.6 is 0 Å². The molecule has 1 aromatic carbocycles. The molecule has 4 aliphatic rings. The summed E-state index contributed by atoms with van der Waals surface area (Å²) in [4.78, 5) is 12.7. The highest BCUT2D eigenvalue weighted by atomic mass is 16.5. The Morgan fingerprint density at radius 2 is 1.87 bits per heavy atom. The minimum atomic E-state index is -0.644. The van der Waals surface area contributed by atoms with E-state index >= 15 is 0 Å². The topological polar surface area (TPSA) is 66.8 Å². The highest BCUT2D eigenvalue weighted by Crippen LogP contribution is 2.59. The van der Waals surface area contributed by atoms with Crippen LogP contribution in [0.2, 0.25) is 0 Å². The number of aliphatic hydroxyl groups excluding tert-OH is 2. The number of carbonyl (C=O) groups is 1. The Balaban J connectivity index is 1.27. The Morgan fingerprint density at radius 1 is 1.11 bits per heavy atom. The normalized spacial score (nSPS) is 35.4.